The average molecular weight is 549 g/mol. The normalized spacial score (nSPS) is 20.9. The minimum absolute atomic E-state index is 0.00518. The number of carbonyl (C=O) groups excluding carboxylic acids is 2. The van der Waals surface area contributed by atoms with Crippen LogP contribution in [0.25, 0.3) is 0 Å². The Hall–Kier alpha value is -2.32. The highest BCUT2D eigenvalue weighted by Gasteiger charge is 2.32. The molecule has 0 bridgehead atoms. The summed E-state index contributed by atoms with van der Waals surface area (Å²) >= 11 is 12.3. The Bertz CT molecular complexity index is 1140. The van der Waals surface area contributed by atoms with Crippen molar-refractivity contribution in [3.63, 3.8) is 0 Å². The summed E-state index contributed by atoms with van der Waals surface area (Å²) in [5.74, 6) is 0.653. The number of hydrogen-bond acceptors (Lipinski definition) is 5. The summed E-state index contributed by atoms with van der Waals surface area (Å²) in [7, 11) is 2.02. The van der Waals surface area contributed by atoms with Crippen LogP contribution < -0.4 is 10.1 Å². The molecule has 4 rings (SSSR count). The molecule has 1 aliphatic carbocycles. The number of ether oxygens (including phenoxy) is 1. The average Bonchev–Trinajstić information content (AvgIpc) is 3.70. The molecule has 7 nitrogen and oxygen atoms in total. The first-order valence-electron chi connectivity index (χ1n) is 12.8. The number of nitrogens with one attached hydrogen (secondary N) is 1. The Labute approximate surface area is 228 Å². The van der Waals surface area contributed by atoms with Crippen LogP contribution in [0.1, 0.15) is 37.8 Å². The van der Waals surface area contributed by atoms with Crippen molar-refractivity contribution in [3.05, 3.63) is 57.6 Å². The van der Waals surface area contributed by atoms with Crippen molar-refractivity contribution in [1.29, 1.82) is 0 Å². The van der Waals surface area contributed by atoms with Gasteiger partial charge in [0.25, 0.3) is 0 Å². The number of anilines is 1. The molecule has 2 amide bonds. The van der Waals surface area contributed by atoms with Gasteiger partial charge in [0.05, 0.1) is 29.1 Å². The van der Waals surface area contributed by atoms with E-state index in [4.69, 9.17) is 27.9 Å². The van der Waals surface area contributed by atoms with Gasteiger partial charge in [0, 0.05) is 42.7 Å². The summed E-state index contributed by atoms with van der Waals surface area (Å²) in [5.41, 5.74) is 2.42. The molecule has 1 heterocycles. The molecule has 37 heavy (non-hydrogen) atoms. The van der Waals surface area contributed by atoms with Gasteiger partial charge in [-0.3, -0.25) is 14.5 Å². The molecule has 2 aromatic carbocycles. The number of benzene rings is 2. The van der Waals surface area contributed by atoms with E-state index in [-0.39, 0.29) is 48.8 Å². The fourth-order valence-electron chi connectivity index (χ4n) is 4.64. The van der Waals surface area contributed by atoms with Gasteiger partial charge in [-0.05, 0) is 62.7 Å². The Kier molecular flexibility index (Phi) is 9.01. The van der Waals surface area contributed by atoms with Gasteiger partial charge >= 0.3 is 0 Å². The molecule has 2 aliphatic rings. The van der Waals surface area contributed by atoms with Crippen molar-refractivity contribution in [2.24, 2.45) is 11.8 Å². The molecule has 9 heteroatoms. The van der Waals surface area contributed by atoms with Gasteiger partial charge in [-0.1, -0.05) is 36.2 Å². The lowest BCUT2D eigenvalue weighted by Crippen LogP contribution is -2.47. The van der Waals surface area contributed by atoms with Crippen LogP contribution in [0.3, 0.4) is 0 Å². The number of aliphatic hydroxyl groups is 1. The van der Waals surface area contributed by atoms with Crippen molar-refractivity contribution >= 4 is 40.7 Å². The van der Waals surface area contributed by atoms with E-state index in [0.29, 0.717) is 41.1 Å². The molecule has 1 fully saturated rings. The van der Waals surface area contributed by atoms with Crippen molar-refractivity contribution in [3.8, 4) is 5.75 Å². The zero-order valence-electron chi connectivity index (χ0n) is 21.5. The summed E-state index contributed by atoms with van der Waals surface area (Å²) in [6.07, 6.45) is 1.74. The standard InChI is InChI=1S/C28H35Cl2N3O4/c1-17-13-33(18(2)16-34)27(35)12-21-11-22(31-28(36)20-5-6-20)7-9-25(21)37-26(17)15-32(3)14-19-4-8-23(29)24(30)10-19/h4,7-11,17-18,20,26,34H,5-6,12-16H2,1-3H3,(H,31,36)/t17-,18+,26+/m1/s1. The van der Waals surface area contributed by atoms with E-state index in [1.807, 2.05) is 44.3 Å². The van der Waals surface area contributed by atoms with Gasteiger partial charge in [-0.2, -0.15) is 0 Å². The molecule has 1 aliphatic heterocycles. The maximum Gasteiger partial charge on any atom is 0.227 e. The van der Waals surface area contributed by atoms with Gasteiger partial charge in [0.1, 0.15) is 11.9 Å². The third-order valence-corrected chi connectivity index (χ3v) is 7.80. The summed E-state index contributed by atoms with van der Waals surface area (Å²) in [6.45, 7) is 5.52. The van der Waals surface area contributed by atoms with Crippen LogP contribution in [0.15, 0.2) is 36.4 Å². The number of aliphatic hydroxyl groups excluding tert-OH is 1. The summed E-state index contributed by atoms with van der Waals surface area (Å²) in [6, 6.07) is 10.8. The molecule has 2 N–H and O–H groups in total. The number of halogens is 2. The van der Waals surface area contributed by atoms with E-state index in [1.54, 1.807) is 11.0 Å². The predicted octanol–water partition coefficient (Wildman–Crippen LogP) is 4.62. The maximum atomic E-state index is 13.3. The van der Waals surface area contributed by atoms with Gasteiger partial charge < -0.3 is 20.1 Å². The number of rotatable bonds is 8. The summed E-state index contributed by atoms with van der Waals surface area (Å²) in [4.78, 5) is 29.6. The number of nitrogens with zero attached hydrogens (tertiary/aromatic N) is 2. The SMILES string of the molecule is C[C@@H]1CN([C@@H](C)CO)C(=O)Cc2cc(NC(=O)C3CC3)ccc2O[C@H]1CN(C)Cc1ccc(Cl)c(Cl)c1. The Morgan fingerprint density at radius 2 is 1.97 bits per heavy atom. The van der Waals surface area contributed by atoms with Gasteiger partial charge in [-0.25, -0.2) is 0 Å². The van der Waals surface area contributed by atoms with Crippen LogP contribution in [0.4, 0.5) is 5.69 Å². The third-order valence-electron chi connectivity index (χ3n) is 7.06. The quantitative estimate of drug-likeness (QED) is 0.503. The van der Waals surface area contributed by atoms with Crippen LogP contribution >= 0.6 is 23.2 Å². The number of carbonyl (C=O) groups is 2. The first kappa shape index (κ1) is 27.7. The molecule has 0 radical (unpaired) electrons. The Morgan fingerprint density at radius 1 is 1.22 bits per heavy atom. The first-order chi connectivity index (χ1) is 17.6. The Morgan fingerprint density at radius 3 is 2.65 bits per heavy atom. The van der Waals surface area contributed by atoms with Gasteiger partial charge in [-0.15, -0.1) is 0 Å². The van der Waals surface area contributed by atoms with Crippen LogP contribution in [-0.4, -0.2) is 65.6 Å². The molecule has 3 atom stereocenters. The fourth-order valence-corrected chi connectivity index (χ4v) is 4.96. The second-order valence-electron chi connectivity index (χ2n) is 10.4. The highest BCUT2D eigenvalue weighted by Crippen LogP contribution is 2.33. The zero-order chi connectivity index (χ0) is 26.7. The lowest BCUT2D eigenvalue weighted by molar-refractivity contribution is -0.134. The molecule has 0 unspecified atom stereocenters. The smallest absolute Gasteiger partial charge is 0.227 e. The molecule has 0 aromatic heterocycles. The topological polar surface area (TPSA) is 82.1 Å². The molecule has 2 aromatic rings. The predicted molar refractivity (Wildman–Crippen MR) is 146 cm³/mol. The summed E-state index contributed by atoms with van der Waals surface area (Å²) < 4.78 is 6.57. The number of likely N-dealkylation sites (N-methyl/N-ethyl adjacent to an activating group) is 1. The minimum atomic E-state index is -0.316. The van der Waals surface area contributed by atoms with Crippen LogP contribution in [0.5, 0.6) is 5.75 Å². The lowest BCUT2D eigenvalue weighted by atomic mass is 10.0. The van der Waals surface area contributed by atoms with E-state index >= 15 is 0 Å². The zero-order valence-corrected chi connectivity index (χ0v) is 23.1. The molecule has 200 valence electrons. The third kappa shape index (κ3) is 7.17. The van der Waals surface area contributed by atoms with E-state index in [0.717, 1.165) is 24.0 Å². The summed E-state index contributed by atoms with van der Waals surface area (Å²) in [5, 5.41) is 13.8. The Balaban J connectivity index is 1.58. The van der Waals surface area contributed by atoms with Crippen molar-refractivity contribution in [2.75, 3.05) is 32.1 Å². The molecule has 0 spiro atoms. The van der Waals surface area contributed by atoms with Crippen LogP contribution in [0.2, 0.25) is 10.0 Å². The molecular formula is C28H35Cl2N3O4. The largest absolute Gasteiger partial charge is 0.488 e. The monoisotopic (exact) mass is 547 g/mol. The second-order valence-corrected chi connectivity index (χ2v) is 11.2. The first-order valence-corrected chi connectivity index (χ1v) is 13.5. The van der Waals surface area contributed by atoms with Gasteiger partial charge in [0.2, 0.25) is 11.8 Å². The van der Waals surface area contributed by atoms with Crippen molar-refractivity contribution < 1.29 is 19.4 Å². The van der Waals surface area contributed by atoms with Crippen molar-refractivity contribution in [2.45, 2.75) is 51.8 Å². The van der Waals surface area contributed by atoms with E-state index < -0.39 is 0 Å². The molecule has 1 saturated carbocycles. The maximum absolute atomic E-state index is 13.3. The number of hydrogen-bond donors (Lipinski definition) is 2. The fraction of sp³-hybridized carbons (Fsp3) is 0.500. The lowest BCUT2D eigenvalue weighted by Gasteiger charge is -2.34. The minimum Gasteiger partial charge on any atom is -0.488 e. The van der Waals surface area contributed by atoms with E-state index in [9.17, 15) is 14.7 Å². The van der Waals surface area contributed by atoms with Crippen molar-refractivity contribution in [1.82, 2.24) is 9.80 Å². The highest BCUT2D eigenvalue weighted by molar-refractivity contribution is 6.42. The second kappa shape index (κ2) is 12.0. The van der Waals surface area contributed by atoms with E-state index in [2.05, 4.69) is 17.1 Å². The van der Waals surface area contributed by atoms with Crippen LogP contribution in [-0.2, 0) is 22.6 Å². The molecule has 0 saturated heterocycles. The highest BCUT2D eigenvalue weighted by atomic mass is 35.5. The molecular weight excluding hydrogens is 513 g/mol. The number of fused-ring (bicyclic) bond motifs is 1. The van der Waals surface area contributed by atoms with Gasteiger partial charge in [0.15, 0.2) is 0 Å². The number of amides is 2. The van der Waals surface area contributed by atoms with Crippen LogP contribution in [0, 0.1) is 11.8 Å². The van der Waals surface area contributed by atoms with E-state index in [1.165, 1.54) is 0 Å².